The Bertz CT molecular complexity index is 1040. The summed E-state index contributed by atoms with van der Waals surface area (Å²) in [6.07, 6.45) is 2.78. The molecule has 10 nitrogen and oxygen atoms in total. The van der Waals surface area contributed by atoms with Crippen molar-refractivity contribution in [1.82, 2.24) is 33.7 Å². The van der Waals surface area contributed by atoms with Gasteiger partial charge in [0.2, 0.25) is 5.89 Å². The predicted molar refractivity (Wildman–Crippen MR) is 99.7 cm³/mol. The molecule has 0 aliphatic rings. The molecule has 3 aromatic rings. The average Bonchev–Trinajstić information content (AvgIpc) is 3.30. The van der Waals surface area contributed by atoms with E-state index in [4.69, 9.17) is 4.52 Å². The van der Waals surface area contributed by atoms with E-state index < -0.39 is 5.69 Å². The van der Waals surface area contributed by atoms with Crippen LogP contribution in [-0.2, 0) is 33.5 Å². The van der Waals surface area contributed by atoms with Crippen molar-refractivity contribution in [3.05, 3.63) is 38.9 Å². The molecular formula is C17H25N7O3. The van der Waals surface area contributed by atoms with Gasteiger partial charge in [-0.3, -0.25) is 13.9 Å². The lowest BCUT2D eigenvalue weighted by molar-refractivity contribution is 0.286. The molecule has 0 saturated heterocycles. The van der Waals surface area contributed by atoms with Crippen LogP contribution in [0.15, 0.2) is 20.4 Å². The summed E-state index contributed by atoms with van der Waals surface area (Å²) in [6.45, 7) is 7.58. The highest BCUT2D eigenvalue weighted by Crippen LogP contribution is 2.08. The molecule has 3 rings (SSSR count). The Morgan fingerprint density at radius 3 is 2.56 bits per heavy atom. The van der Waals surface area contributed by atoms with Gasteiger partial charge in [-0.2, -0.15) is 4.98 Å². The third-order valence-corrected chi connectivity index (χ3v) is 4.84. The molecule has 0 aliphatic carbocycles. The first-order valence-corrected chi connectivity index (χ1v) is 9.10. The number of rotatable bonds is 8. The molecule has 0 bridgehead atoms. The van der Waals surface area contributed by atoms with Gasteiger partial charge >= 0.3 is 5.69 Å². The molecule has 0 radical (unpaired) electrons. The van der Waals surface area contributed by atoms with Crippen molar-refractivity contribution in [3.63, 3.8) is 0 Å². The lowest BCUT2D eigenvalue weighted by Gasteiger charge is -2.15. The molecule has 0 fully saturated rings. The van der Waals surface area contributed by atoms with E-state index in [0.717, 1.165) is 24.2 Å². The topological polar surface area (TPSA) is 104 Å². The minimum Gasteiger partial charge on any atom is -0.339 e. The maximum atomic E-state index is 12.4. The van der Waals surface area contributed by atoms with Crippen LogP contribution in [0.1, 0.15) is 25.6 Å². The number of imidazole rings is 1. The van der Waals surface area contributed by atoms with Crippen molar-refractivity contribution < 1.29 is 4.52 Å². The Kier molecular flexibility index (Phi) is 5.54. The number of fused-ring (bicyclic) bond motifs is 1. The molecule has 0 aliphatic heterocycles. The maximum absolute atomic E-state index is 12.4. The van der Waals surface area contributed by atoms with E-state index in [0.29, 0.717) is 42.3 Å². The standard InChI is InChI=1S/C17H25N7O3/c1-5-23(6-2)9-8-13-19-12(20-27-13)7-10-24-11-18-15-14(24)16(25)22(4)17(26)21(15)3/h11H,5-10H2,1-4H3. The van der Waals surface area contributed by atoms with Crippen LogP contribution in [-0.4, -0.2) is 53.4 Å². The molecule has 0 amide bonds. The minimum atomic E-state index is -0.395. The van der Waals surface area contributed by atoms with Gasteiger partial charge in [-0.05, 0) is 13.1 Å². The Hall–Kier alpha value is -2.75. The Morgan fingerprint density at radius 2 is 1.85 bits per heavy atom. The van der Waals surface area contributed by atoms with E-state index in [1.165, 1.54) is 11.6 Å². The van der Waals surface area contributed by atoms with Crippen molar-refractivity contribution in [2.75, 3.05) is 19.6 Å². The zero-order valence-electron chi connectivity index (χ0n) is 16.2. The Labute approximate surface area is 156 Å². The van der Waals surface area contributed by atoms with Gasteiger partial charge in [0.25, 0.3) is 5.56 Å². The number of aryl methyl sites for hydroxylation is 3. The lowest BCUT2D eigenvalue weighted by Crippen LogP contribution is -2.37. The second kappa shape index (κ2) is 7.87. The molecule has 0 spiro atoms. The molecule has 0 atom stereocenters. The van der Waals surface area contributed by atoms with Crippen molar-refractivity contribution in [2.24, 2.45) is 14.1 Å². The van der Waals surface area contributed by atoms with Crippen LogP contribution in [0.5, 0.6) is 0 Å². The number of likely N-dealkylation sites (N-methyl/N-ethyl adjacent to an activating group) is 1. The van der Waals surface area contributed by atoms with Crippen molar-refractivity contribution in [1.29, 1.82) is 0 Å². The summed E-state index contributed by atoms with van der Waals surface area (Å²) in [5, 5.41) is 4.02. The minimum absolute atomic E-state index is 0.362. The Balaban J connectivity index is 1.73. The van der Waals surface area contributed by atoms with E-state index in [1.54, 1.807) is 17.9 Å². The molecule has 3 heterocycles. The first kappa shape index (κ1) is 19.0. The largest absolute Gasteiger partial charge is 0.339 e. The Morgan fingerprint density at radius 1 is 1.11 bits per heavy atom. The van der Waals surface area contributed by atoms with Crippen LogP contribution in [0.25, 0.3) is 11.2 Å². The normalized spacial score (nSPS) is 11.7. The predicted octanol–water partition coefficient (Wildman–Crippen LogP) is -0.0563. The van der Waals surface area contributed by atoms with Gasteiger partial charge in [-0.25, -0.2) is 9.78 Å². The second-order valence-electron chi connectivity index (χ2n) is 6.45. The van der Waals surface area contributed by atoms with Gasteiger partial charge in [0.15, 0.2) is 17.0 Å². The first-order chi connectivity index (χ1) is 13.0. The first-order valence-electron chi connectivity index (χ1n) is 9.10. The summed E-state index contributed by atoms with van der Waals surface area (Å²) < 4.78 is 9.49. The zero-order valence-corrected chi connectivity index (χ0v) is 16.2. The number of hydrogen-bond donors (Lipinski definition) is 0. The fourth-order valence-electron chi connectivity index (χ4n) is 3.07. The quantitative estimate of drug-likeness (QED) is 0.543. The monoisotopic (exact) mass is 375 g/mol. The third kappa shape index (κ3) is 3.70. The van der Waals surface area contributed by atoms with Crippen LogP contribution in [0, 0.1) is 0 Å². The number of nitrogens with zero attached hydrogens (tertiary/aromatic N) is 7. The molecule has 146 valence electrons. The van der Waals surface area contributed by atoms with Crippen LogP contribution in [0.4, 0.5) is 0 Å². The SMILES string of the molecule is CCN(CC)CCc1nc(CCn2cnc3c2c(=O)n(C)c(=O)n3C)no1. The zero-order chi connectivity index (χ0) is 19.6. The van der Waals surface area contributed by atoms with Crippen molar-refractivity contribution in [3.8, 4) is 0 Å². The van der Waals surface area contributed by atoms with Gasteiger partial charge in [0.05, 0.1) is 6.33 Å². The highest BCUT2D eigenvalue weighted by molar-refractivity contribution is 5.69. The maximum Gasteiger partial charge on any atom is 0.332 e. The van der Waals surface area contributed by atoms with Crippen molar-refractivity contribution in [2.45, 2.75) is 33.2 Å². The molecule has 27 heavy (non-hydrogen) atoms. The summed E-state index contributed by atoms with van der Waals surface area (Å²) in [6, 6.07) is 0. The van der Waals surface area contributed by atoms with Gasteiger partial charge in [-0.15, -0.1) is 0 Å². The average molecular weight is 375 g/mol. The summed E-state index contributed by atoms with van der Waals surface area (Å²) >= 11 is 0. The van der Waals surface area contributed by atoms with Crippen molar-refractivity contribution >= 4 is 11.2 Å². The molecule has 0 saturated carbocycles. The second-order valence-corrected chi connectivity index (χ2v) is 6.45. The fraction of sp³-hybridized carbons (Fsp3) is 0.588. The van der Waals surface area contributed by atoms with Crippen LogP contribution in [0.3, 0.4) is 0 Å². The molecule has 0 aromatic carbocycles. The summed E-state index contributed by atoms with van der Waals surface area (Å²) in [4.78, 5) is 35.4. The number of hydrogen-bond acceptors (Lipinski definition) is 7. The molecule has 0 N–H and O–H groups in total. The molecule has 10 heteroatoms. The highest BCUT2D eigenvalue weighted by Gasteiger charge is 2.15. The van der Waals surface area contributed by atoms with Gasteiger partial charge in [0.1, 0.15) is 0 Å². The van der Waals surface area contributed by atoms with Gasteiger partial charge in [-0.1, -0.05) is 19.0 Å². The van der Waals surface area contributed by atoms with Crippen LogP contribution in [0.2, 0.25) is 0 Å². The van der Waals surface area contributed by atoms with Gasteiger partial charge in [0, 0.05) is 40.0 Å². The van der Waals surface area contributed by atoms with Gasteiger partial charge < -0.3 is 14.0 Å². The number of aromatic nitrogens is 6. The summed E-state index contributed by atoms with van der Waals surface area (Å²) in [5.74, 6) is 1.21. The smallest absolute Gasteiger partial charge is 0.332 e. The van der Waals surface area contributed by atoms with E-state index in [9.17, 15) is 9.59 Å². The van der Waals surface area contributed by atoms with E-state index in [2.05, 4.69) is 33.9 Å². The molecule has 3 aromatic heterocycles. The molecular weight excluding hydrogens is 350 g/mol. The van der Waals surface area contributed by atoms with E-state index >= 15 is 0 Å². The van der Waals surface area contributed by atoms with Crippen LogP contribution >= 0.6 is 0 Å². The third-order valence-electron chi connectivity index (χ3n) is 4.84. The lowest BCUT2D eigenvalue weighted by atomic mass is 10.3. The fourth-order valence-corrected chi connectivity index (χ4v) is 3.07. The summed E-state index contributed by atoms with van der Waals surface area (Å²) in [5.41, 5.74) is 0.00774. The van der Waals surface area contributed by atoms with E-state index in [1.807, 2.05) is 0 Å². The summed E-state index contributed by atoms with van der Waals surface area (Å²) in [7, 11) is 3.06. The highest BCUT2D eigenvalue weighted by atomic mass is 16.5. The van der Waals surface area contributed by atoms with Crippen LogP contribution < -0.4 is 11.2 Å². The molecule has 0 unspecified atom stereocenters. The van der Waals surface area contributed by atoms with E-state index in [-0.39, 0.29) is 5.56 Å².